The Morgan fingerprint density at radius 3 is 2.61 bits per heavy atom. The van der Waals surface area contributed by atoms with Crippen molar-refractivity contribution in [3.8, 4) is 0 Å². The lowest BCUT2D eigenvalue weighted by molar-refractivity contribution is -0.166. The van der Waals surface area contributed by atoms with Crippen LogP contribution in [0.1, 0.15) is 24.5 Å². The number of thiol groups is 1. The van der Waals surface area contributed by atoms with Crippen LogP contribution in [-0.2, 0) is 32.1 Å². The first-order valence-electron chi connectivity index (χ1n) is 9.19. The van der Waals surface area contributed by atoms with Crippen LogP contribution >= 0.6 is 12.6 Å². The summed E-state index contributed by atoms with van der Waals surface area (Å²) in [5.74, 6) is -0.0394. The second-order valence-electron chi connectivity index (χ2n) is 7.02. The van der Waals surface area contributed by atoms with Crippen LogP contribution in [0.15, 0.2) is 70.8 Å². The van der Waals surface area contributed by atoms with E-state index in [0.29, 0.717) is 18.6 Å². The molecule has 4 rings (SSSR count). The molecule has 28 heavy (non-hydrogen) atoms. The minimum atomic E-state index is -0.818. The number of nitrogens with zero attached hydrogens (tertiary/aromatic N) is 1. The molecule has 6 heteroatoms. The lowest BCUT2D eigenvalue weighted by Gasteiger charge is -2.33. The molecule has 5 nitrogen and oxygen atoms in total. The summed E-state index contributed by atoms with van der Waals surface area (Å²) in [6.45, 7) is 2.08. The van der Waals surface area contributed by atoms with Gasteiger partial charge in [-0.15, -0.1) is 12.6 Å². The Labute approximate surface area is 169 Å². The van der Waals surface area contributed by atoms with E-state index in [1.165, 1.54) is 4.90 Å². The number of carbonyl (C=O) groups excluding carboxylic acids is 2. The largest absolute Gasteiger partial charge is 0.471 e. The van der Waals surface area contributed by atoms with Gasteiger partial charge in [-0.25, -0.2) is 4.79 Å². The normalized spacial score (nSPS) is 22.2. The third-order valence-electron chi connectivity index (χ3n) is 5.05. The highest BCUT2D eigenvalue weighted by Crippen LogP contribution is 2.39. The first-order valence-corrected chi connectivity index (χ1v) is 9.64. The predicted molar refractivity (Wildman–Crippen MR) is 106 cm³/mol. The first kappa shape index (κ1) is 18.6. The van der Waals surface area contributed by atoms with Crippen molar-refractivity contribution < 1.29 is 19.1 Å². The van der Waals surface area contributed by atoms with Crippen LogP contribution in [-0.4, -0.2) is 29.0 Å². The SMILES string of the molecule is CC(Cc1ccccc1S)=C1OC2CC(=O)N2C1C(=O)OCc1ccccc1. The average Bonchev–Trinajstić information content (AvgIpc) is 3.01. The second-order valence-corrected chi connectivity index (χ2v) is 7.51. The van der Waals surface area contributed by atoms with Gasteiger partial charge in [-0.1, -0.05) is 48.5 Å². The molecule has 2 aromatic carbocycles. The number of allylic oxidation sites excluding steroid dienone is 1. The maximum atomic E-state index is 12.8. The molecule has 2 fully saturated rings. The van der Waals surface area contributed by atoms with Gasteiger partial charge in [0.15, 0.2) is 12.3 Å². The third kappa shape index (κ3) is 3.52. The van der Waals surface area contributed by atoms with Crippen molar-refractivity contribution in [2.75, 3.05) is 0 Å². The zero-order valence-corrected chi connectivity index (χ0v) is 16.4. The molecule has 2 atom stereocenters. The number of benzene rings is 2. The number of esters is 1. The van der Waals surface area contributed by atoms with Crippen molar-refractivity contribution in [2.45, 2.75) is 43.5 Å². The molecule has 0 aromatic heterocycles. The van der Waals surface area contributed by atoms with Crippen LogP contribution in [0.4, 0.5) is 0 Å². The fourth-order valence-corrected chi connectivity index (χ4v) is 3.78. The zero-order chi connectivity index (χ0) is 19.7. The zero-order valence-electron chi connectivity index (χ0n) is 15.5. The molecule has 2 heterocycles. The average molecular weight is 395 g/mol. The van der Waals surface area contributed by atoms with Crippen molar-refractivity contribution in [2.24, 2.45) is 0 Å². The number of ether oxygens (including phenoxy) is 2. The summed E-state index contributed by atoms with van der Waals surface area (Å²) in [7, 11) is 0. The summed E-state index contributed by atoms with van der Waals surface area (Å²) in [6.07, 6.45) is 0.507. The van der Waals surface area contributed by atoms with Crippen molar-refractivity contribution in [1.82, 2.24) is 4.90 Å². The van der Waals surface area contributed by atoms with E-state index in [1.807, 2.05) is 61.5 Å². The molecular formula is C22H21NO4S. The van der Waals surface area contributed by atoms with Crippen molar-refractivity contribution in [3.63, 3.8) is 0 Å². The highest BCUT2D eigenvalue weighted by atomic mass is 32.1. The van der Waals surface area contributed by atoms with E-state index < -0.39 is 12.0 Å². The number of hydrogen-bond acceptors (Lipinski definition) is 5. The number of β-lactam (4-membered cyclic amide) rings is 1. The summed E-state index contributed by atoms with van der Waals surface area (Å²) in [6, 6.07) is 16.4. The van der Waals surface area contributed by atoms with E-state index in [-0.39, 0.29) is 18.7 Å². The van der Waals surface area contributed by atoms with Gasteiger partial charge < -0.3 is 9.47 Å². The summed E-state index contributed by atoms with van der Waals surface area (Å²) in [4.78, 5) is 27.3. The summed E-state index contributed by atoms with van der Waals surface area (Å²) in [5, 5.41) is 0. The van der Waals surface area contributed by atoms with Crippen molar-refractivity contribution in [3.05, 3.63) is 77.1 Å². The van der Waals surface area contributed by atoms with Crippen LogP contribution in [0.3, 0.4) is 0 Å². The number of amides is 1. The predicted octanol–water partition coefficient (Wildman–Crippen LogP) is 3.49. The van der Waals surface area contributed by atoms with Crippen LogP contribution in [0.5, 0.6) is 0 Å². The molecular weight excluding hydrogens is 374 g/mol. The first-order chi connectivity index (χ1) is 13.5. The van der Waals surface area contributed by atoms with Gasteiger partial charge in [0.05, 0.1) is 6.42 Å². The Kier molecular flexibility index (Phi) is 5.13. The molecule has 2 saturated heterocycles. The highest BCUT2D eigenvalue weighted by Gasteiger charge is 2.54. The summed E-state index contributed by atoms with van der Waals surface area (Å²) >= 11 is 4.49. The number of carbonyl (C=O) groups is 2. The van der Waals surface area contributed by atoms with Gasteiger partial charge in [-0.3, -0.25) is 9.69 Å². The Morgan fingerprint density at radius 1 is 1.18 bits per heavy atom. The molecule has 0 saturated carbocycles. The molecule has 0 N–H and O–H groups in total. The van der Waals surface area contributed by atoms with E-state index >= 15 is 0 Å². The maximum Gasteiger partial charge on any atom is 0.337 e. The number of rotatable bonds is 5. The second kappa shape index (κ2) is 7.72. The van der Waals surface area contributed by atoms with E-state index in [0.717, 1.165) is 21.6 Å². The van der Waals surface area contributed by atoms with E-state index in [2.05, 4.69) is 12.6 Å². The molecule has 2 aliphatic heterocycles. The standard InChI is InChI=1S/C22H21NO4S/c1-14(11-16-9-5-6-10-17(16)28)21-20(23-18(24)12-19(23)27-21)22(25)26-13-15-7-3-2-4-8-15/h2-10,19-20,28H,11-13H2,1H3. The smallest absolute Gasteiger partial charge is 0.337 e. The molecule has 144 valence electrons. The van der Waals surface area contributed by atoms with E-state index in [1.54, 1.807) is 0 Å². The lowest BCUT2D eigenvalue weighted by Crippen LogP contribution is -2.55. The van der Waals surface area contributed by atoms with Gasteiger partial charge in [0.2, 0.25) is 5.91 Å². The minimum absolute atomic E-state index is 0.0935. The van der Waals surface area contributed by atoms with Gasteiger partial charge >= 0.3 is 5.97 Å². The van der Waals surface area contributed by atoms with Crippen molar-refractivity contribution in [1.29, 1.82) is 0 Å². The van der Waals surface area contributed by atoms with Crippen molar-refractivity contribution >= 4 is 24.5 Å². The minimum Gasteiger partial charge on any atom is -0.471 e. The Hall–Kier alpha value is -2.73. The fraction of sp³-hybridized carbons (Fsp3) is 0.273. The van der Waals surface area contributed by atoms with E-state index in [4.69, 9.17) is 9.47 Å². The third-order valence-corrected chi connectivity index (χ3v) is 5.49. The molecule has 0 radical (unpaired) electrons. The Balaban J connectivity index is 1.56. The molecule has 1 amide bonds. The van der Waals surface area contributed by atoms with Gasteiger partial charge in [-0.2, -0.15) is 0 Å². The van der Waals surface area contributed by atoms with Crippen LogP contribution in [0, 0.1) is 0 Å². The van der Waals surface area contributed by atoms with Gasteiger partial charge in [-0.05, 0) is 36.1 Å². The van der Waals surface area contributed by atoms with Crippen LogP contribution in [0.2, 0.25) is 0 Å². The number of hydrogen-bond donors (Lipinski definition) is 1. The summed E-state index contributed by atoms with van der Waals surface area (Å²) in [5.41, 5.74) is 2.83. The topological polar surface area (TPSA) is 55.8 Å². The fourth-order valence-electron chi connectivity index (χ4n) is 3.54. The monoisotopic (exact) mass is 395 g/mol. The molecule has 0 aliphatic carbocycles. The van der Waals surface area contributed by atoms with E-state index in [9.17, 15) is 9.59 Å². The van der Waals surface area contributed by atoms with Gasteiger partial charge in [0, 0.05) is 4.90 Å². The van der Waals surface area contributed by atoms with Crippen LogP contribution in [0.25, 0.3) is 0 Å². The Morgan fingerprint density at radius 2 is 1.89 bits per heavy atom. The summed E-state index contributed by atoms with van der Waals surface area (Å²) < 4.78 is 11.5. The molecule has 2 aliphatic rings. The number of fused-ring (bicyclic) bond motifs is 1. The quantitative estimate of drug-likeness (QED) is 0.478. The van der Waals surface area contributed by atoms with Gasteiger partial charge in [0.1, 0.15) is 12.4 Å². The molecule has 0 bridgehead atoms. The lowest BCUT2D eigenvalue weighted by atomic mass is 10.0. The van der Waals surface area contributed by atoms with Gasteiger partial charge in [0.25, 0.3) is 0 Å². The van der Waals surface area contributed by atoms with Crippen LogP contribution < -0.4 is 0 Å². The Bertz CT molecular complexity index is 941. The molecule has 0 spiro atoms. The maximum absolute atomic E-state index is 12.8. The molecule has 2 aromatic rings. The highest BCUT2D eigenvalue weighted by molar-refractivity contribution is 7.80. The molecule has 2 unspecified atom stereocenters.